The summed E-state index contributed by atoms with van der Waals surface area (Å²) in [6, 6.07) is -1.89. The lowest BCUT2D eigenvalue weighted by Gasteiger charge is -2.29. The van der Waals surface area contributed by atoms with Crippen molar-refractivity contribution in [2.24, 2.45) is 22.9 Å². The molecule has 2 heterocycles. The summed E-state index contributed by atoms with van der Waals surface area (Å²) in [5, 5.41) is 38.1. The third-order valence-electron chi connectivity index (χ3n) is 8.53. The van der Waals surface area contributed by atoms with Gasteiger partial charge in [-0.05, 0) is 48.8 Å². The van der Waals surface area contributed by atoms with Crippen LogP contribution in [0.2, 0.25) is 0 Å². The van der Waals surface area contributed by atoms with Crippen molar-refractivity contribution in [3.63, 3.8) is 0 Å². The largest absolute Gasteiger partial charge is 0.445 e. The SMILES string of the molecule is CC(=O)N[C@H](C(=O)N[C@H](C(=O)N[C@@H](CC(C)C)C(=O)N[C@@H](C[C@@H]1CCNC1=O)C(=O)C[N+]1=NC(=O)c2c(cccc2[N+](=O)[O-])C1=O)C(C)O)C(C)C. The van der Waals surface area contributed by atoms with Crippen molar-refractivity contribution in [1.82, 2.24) is 26.6 Å². The summed E-state index contributed by atoms with van der Waals surface area (Å²) in [7, 11) is 0. The quantitative estimate of drug-likeness (QED) is 0.0675. The molecule has 0 aliphatic carbocycles. The van der Waals surface area contributed by atoms with Gasteiger partial charge in [-0.25, -0.2) is 4.79 Å². The highest BCUT2D eigenvalue weighted by Crippen LogP contribution is 2.27. The van der Waals surface area contributed by atoms with E-state index < -0.39 is 100 Å². The number of amides is 7. The lowest BCUT2D eigenvalue weighted by Crippen LogP contribution is -2.61. The van der Waals surface area contributed by atoms with Gasteiger partial charge in [0.2, 0.25) is 41.9 Å². The maximum absolute atomic E-state index is 13.8. The number of hydrogen-bond donors (Lipinski definition) is 6. The third-order valence-corrected chi connectivity index (χ3v) is 8.53. The maximum Gasteiger partial charge on any atom is 0.445 e. The molecule has 19 nitrogen and oxygen atoms in total. The van der Waals surface area contributed by atoms with Crippen LogP contribution in [0.25, 0.3) is 0 Å². The fourth-order valence-corrected chi connectivity index (χ4v) is 5.87. The molecule has 1 aromatic carbocycles. The average Bonchev–Trinajstić information content (AvgIpc) is 3.46. The first kappa shape index (κ1) is 41.0. The number of ketones is 1. The van der Waals surface area contributed by atoms with Gasteiger partial charge in [0.05, 0.1) is 17.1 Å². The molecule has 0 radical (unpaired) electrons. The molecular weight excluding hydrogens is 684 g/mol. The number of aliphatic hydroxyl groups excluding tert-OH is 1. The van der Waals surface area contributed by atoms with E-state index in [0.717, 1.165) is 6.07 Å². The molecule has 6 N–H and O–H groups in total. The van der Waals surface area contributed by atoms with Gasteiger partial charge in [-0.1, -0.05) is 33.8 Å². The van der Waals surface area contributed by atoms with Crippen molar-refractivity contribution < 1.29 is 53.1 Å². The summed E-state index contributed by atoms with van der Waals surface area (Å²) in [5.74, 6) is -7.60. The first-order chi connectivity index (χ1) is 24.3. The van der Waals surface area contributed by atoms with E-state index in [9.17, 15) is 53.6 Å². The lowest BCUT2D eigenvalue weighted by atomic mass is 9.94. The number of azo groups is 2. The Morgan fingerprint density at radius 1 is 0.962 bits per heavy atom. The zero-order chi connectivity index (χ0) is 39.0. The highest BCUT2D eigenvalue weighted by molar-refractivity contribution is 6.10. The van der Waals surface area contributed by atoms with Crippen molar-refractivity contribution in [3.8, 4) is 0 Å². The van der Waals surface area contributed by atoms with E-state index in [1.807, 2.05) is 0 Å². The van der Waals surface area contributed by atoms with Crippen LogP contribution in [0, 0.1) is 27.9 Å². The second kappa shape index (κ2) is 17.7. The van der Waals surface area contributed by atoms with Gasteiger partial charge >= 0.3 is 11.8 Å². The second-order valence-corrected chi connectivity index (χ2v) is 13.6. The minimum absolute atomic E-state index is 0.0351. The van der Waals surface area contributed by atoms with Crippen molar-refractivity contribution in [2.75, 3.05) is 13.1 Å². The van der Waals surface area contributed by atoms with Crippen LogP contribution in [0.1, 0.15) is 81.5 Å². The Balaban J connectivity index is 1.86. The molecule has 7 amide bonds. The molecular formula is C33H45N8O11+. The lowest BCUT2D eigenvalue weighted by molar-refractivity contribution is -0.483. The smallest absolute Gasteiger partial charge is 0.391 e. The highest BCUT2D eigenvalue weighted by Gasteiger charge is 2.43. The predicted molar refractivity (Wildman–Crippen MR) is 179 cm³/mol. The second-order valence-electron chi connectivity index (χ2n) is 13.6. The Morgan fingerprint density at radius 3 is 2.13 bits per heavy atom. The van der Waals surface area contributed by atoms with Gasteiger partial charge in [0, 0.05) is 30.6 Å². The number of fused-ring (bicyclic) bond motifs is 1. The van der Waals surface area contributed by atoms with Crippen molar-refractivity contribution in [1.29, 1.82) is 0 Å². The molecule has 6 atom stereocenters. The number of rotatable bonds is 17. The minimum Gasteiger partial charge on any atom is -0.391 e. The zero-order valence-electron chi connectivity index (χ0n) is 29.8. The summed E-state index contributed by atoms with van der Waals surface area (Å²) in [6.07, 6.45) is -1.28. The molecule has 282 valence electrons. The Kier molecular flexibility index (Phi) is 13.9. The van der Waals surface area contributed by atoms with E-state index in [1.165, 1.54) is 26.0 Å². The molecule has 19 heteroatoms. The van der Waals surface area contributed by atoms with Gasteiger partial charge < -0.3 is 31.7 Å². The fourth-order valence-electron chi connectivity index (χ4n) is 5.87. The van der Waals surface area contributed by atoms with Crippen LogP contribution in [0.3, 0.4) is 0 Å². The molecule has 0 aromatic heterocycles. The molecule has 0 spiro atoms. The summed E-state index contributed by atoms with van der Waals surface area (Å²) in [5.41, 5.74) is -1.50. The van der Waals surface area contributed by atoms with Crippen LogP contribution in [0.4, 0.5) is 5.69 Å². The van der Waals surface area contributed by atoms with Gasteiger partial charge in [-0.2, -0.15) is 0 Å². The van der Waals surface area contributed by atoms with E-state index in [0.29, 0.717) is 17.7 Å². The van der Waals surface area contributed by atoms with Gasteiger partial charge in [0.15, 0.2) is 0 Å². The Bertz CT molecular complexity index is 1670. The fraction of sp³-hybridized carbons (Fsp3) is 0.576. The monoisotopic (exact) mass is 729 g/mol. The summed E-state index contributed by atoms with van der Waals surface area (Å²) in [6.45, 7) is 8.82. The first-order valence-electron chi connectivity index (χ1n) is 16.8. The molecule has 0 bridgehead atoms. The summed E-state index contributed by atoms with van der Waals surface area (Å²) in [4.78, 5) is 115. The molecule has 1 aromatic rings. The maximum atomic E-state index is 13.8. The third kappa shape index (κ3) is 10.3. The molecule has 1 fully saturated rings. The number of aliphatic hydroxyl groups is 1. The van der Waals surface area contributed by atoms with Gasteiger partial charge in [0.25, 0.3) is 5.69 Å². The van der Waals surface area contributed by atoms with Crippen molar-refractivity contribution in [2.45, 2.75) is 91.1 Å². The van der Waals surface area contributed by atoms with Gasteiger partial charge in [-0.3, -0.25) is 43.7 Å². The number of nitrogens with one attached hydrogen (secondary N) is 5. The van der Waals surface area contributed by atoms with Crippen LogP contribution < -0.4 is 26.6 Å². The number of carbonyl (C=O) groups is 8. The van der Waals surface area contributed by atoms with Crippen LogP contribution in [0.5, 0.6) is 0 Å². The number of nitro benzene ring substituents is 1. The number of nitrogens with zero attached hydrogens (tertiary/aromatic N) is 3. The molecule has 3 rings (SSSR count). The zero-order valence-corrected chi connectivity index (χ0v) is 29.8. The number of benzene rings is 1. The highest BCUT2D eigenvalue weighted by atomic mass is 16.6. The summed E-state index contributed by atoms with van der Waals surface area (Å²) < 4.78 is 0.541. The molecule has 1 saturated heterocycles. The van der Waals surface area contributed by atoms with E-state index in [2.05, 4.69) is 31.7 Å². The normalized spacial score (nSPS) is 18.3. The average molecular weight is 730 g/mol. The van der Waals surface area contributed by atoms with Crippen LogP contribution in [-0.4, -0.2) is 105 Å². The molecule has 2 aliphatic heterocycles. The topological polar surface area (TPSA) is 275 Å². The molecule has 1 unspecified atom stereocenters. The number of Topliss-reactive ketones (excluding diaryl/α,β-unsaturated/α-hetero) is 1. The first-order valence-corrected chi connectivity index (χ1v) is 16.8. The number of nitro groups is 1. The van der Waals surface area contributed by atoms with E-state index >= 15 is 0 Å². The van der Waals surface area contributed by atoms with Crippen molar-refractivity contribution >= 4 is 52.8 Å². The van der Waals surface area contributed by atoms with Crippen LogP contribution >= 0.6 is 0 Å². The van der Waals surface area contributed by atoms with E-state index in [1.54, 1.807) is 27.7 Å². The standard InChI is InChI=1S/C33H44N8O11/c1-15(2)12-22(37-32(49)27(17(5)42)38-31(48)26(16(3)4)35-18(6)43)29(46)36-21(13-19-10-11-34-28(19)45)24(44)14-40-33(50)20-8-7-9-23(41(51)52)25(20)30(47)39-40/h7-9,15-17,19,21-22,26-27,42H,10-14H2,1-6H3,(H4-,34,35,36,37,38,43,45,46,48,49)/p+1/t17?,19-,21-,22-,26-,27-/m0/s1. The molecule has 2 aliphatic rings. The van der Waals surface area contributed by atoms with E-state index in [4.69, 9.17) is 0 Å². The van der Waals surface area contributed by atoms with Crippen LogP contribution in [0.15, 0.2) is 23.3 Å². The van der Waals surface area contributed by atoms with Gasteiger partial charge in [0.1, 0.15) is 29.3 Å². The summed E-state index contributed by atoms with van der Waals surface area (Å²) >= 11 is 0. The molecule has 52 heavy (non-hydrogen) atoms. The Morgan fingerprint density at radius 2 is 1.60 bits per heavy atom. The van der Waals surface area contributed by atoms with E-state index in [-0.39, 0.29) is 36.1 Å². The number of hydrogen-bond acceptors (Lipinski definition) is 11. The Labute approximate surface area is 298 Å². The van der Waals surface area contributed by atoms with Crippen molar-refractivity contribution in [3.05, 3.63) is 39.4 Å². The Hall–Kier alpha value is -5.46. The molecule has 0 saturated carbocycles. The predicted octanol–water partition coefficient (Wildman–Crippen LogP) is -0.509. The number of carbonyl (C=O) groups excluding carboxylic acids is 8. The minimum atomic E-state index is -1.55. The van der Waals surface area contributed by atoms with Crippen LogP contribution in [-0.2, 0) is 28.8 Å². The van der Waals surface area contributed by atoms with Gasteiger partial charge in [-0.15, -0.1) is 0 Å².